The fourth-order valence-corrected chi connectivity index (χ4v) is 0.830. The monoisotopic (exact) mass is 164 g/mol. The number of amides is 1. The van der Waals surface area contributed by atoms with Crippen LogP contribution in [0.15, 0.2) is 24.3 Å². The fraction of sp³-hybridized carbons (Fsp3) is 0.222. The van der Waals surface area contributed by atoms with Crippen LogP contribution in [0.3, 0.4) is 0 Å². The number of rotatable bonds is 4. The highest BCUT2D eigenvalue weighted by Crippen LogP contribution is 2.10. The van der Waals surface area contributed by atoms with Crippen molar-refractivity contribution < 1.29 is 9.63 Å². The van der Waals surface area contributed by atoms with Gasteiger partial charge in [-0.1, -0.05) is 12.1 Å². The van der Waals surface area contributed by atoms with E-state index in [1.165, 1.54) is 5.06 Å². The quantitative estimate of drug-likeness (QED) is 0.497. The molecule has 0 N–H and O–H groups in total. The van der Waals surface area contributed by atoms with Crippen molar-refractivity contribution in [3.8, 4) is 0 Å². The molecule has 0 spiro atoms. The zero-order valence-corrected chi connectivity index (χ0v) is 6.86. The molecule has 0 aliphatic heterocycles. The number of anilines is 1. The van der Waals surface area contributed by atoms with Gasteiger partial charge in [-0.05, 0) is 25.1 Å². The average Bonchev–Trinajstić information content (AvgIpc) is 2.15. The first-order chi connectivity index (χ1) is 5.88. The second-order valence-electron chi connectivity index (χ2n) is 2.11. The molecular weight excluding hydrogens is 154 g/mol. The third-order valence-corrected chi connectivity index (χ3v) is 1.32. The van der Waals surface area contributed by atoms with Crippen LogP contribution in [0.5, 0.6) is 0 Å². The van der Waals surface area contributed by atoms with Crippen molar-refractivity contribution in [3.05, 3.63) is 30.3 Å². The first-order valence-electron chi connectivity index (χ1n) is 3.72. The largest absolute Gasteiger partial charge is 0.276 e. The second-order valence-corrected chi connectivity index (χ2v) is 2.11. The summed E-state index contributed by atoms with van der Waals surface area (Å²) in [7, 11) is 0. The molecule has 0 bridgehead atoms. The predicted molar refractivity (Wildman–Crippen MR) is 45.4 cm³/mol. The van der Waals surface area contributed by atoms with Gasteiger partial charge in [0.1, 0.15) is 0 Å². The molecule has 0 aliphatic carbocycles. The number of carbonyl (C=O) groups is 1. The Morgan fingerprint density at radius 3 is 2.75 bits per heavy atom. The lowest BCUT2D eigenvalue weighted by Gasteiger charge is -2.14. The standard InChI is InChI=1S/C9H10NO2/c1-2-12-10(8-11)9-6-4-3-5-7-9/h4-8H,2H2,1H3. The van der Waals surface area contributed by atoms with E-state index >= 15 is 0 Å². The molecule has 1 aromatic rings. The van der Waals surface area contributed by atoms with E-state index in [9.17, 15) is 4.79 Å². The molecule has 1 rings (SSSR count). The minimum atomic E-state index is 0.470. The molecule has 12 heavy (non-hydrogen) atoms. The summed E-state index contributed by atoms with van der Waals surface area (Å²) in [4.78, 5) is 15.5. The van der Waals surface area contributed by atoms with Crippen molar-refractivity contribution in [2.75, 3.05) is 11.7 Å². The van der Waals surface area contributed by atoms with Gasteiger partial charge >= 0.3 is 0 Å². The van der Waals surface area contributed by atoms with Crippen molar-refractivity contribution in [1.29, 1.82) is 0 Å². The Labute approximate surface area is 71.5 Å². The molecule has 1 aromatic carbocycles. The lowest BCUT2D eigenvalue weighted by Crippen LogP contribution is -2.20. The van der Waals surface area contributed by atoms with E-state index in [-0.39, 0.29) is 0 Å². The van der Waals surface area contributed by atoms with E-state index in [1.807, 2.05) is 6.92 Å². The van der Waals surface area contributed by atoms with Gasteiger partial charge in [0.05, 0.1) is 12.3 Å². The van der Waals surface area contributed by atoms with Crippen molar-refractivity contribution in [3.63, 3.8) is 0 Å². The topological polar surface area (TPSA) is 29.5 Å². The van der Waals surface area contributed by atoms with Crippen LogP contribution in [0.4, 0.5) is 5.69 Å². The third-order valence-electron chi connectivity index (χ3n) is 1.32. The molecule has 0 saturated heterocycles. The zero-order chi connectivity index (χ0) is 8.81. The van der Waals surface area contributed by atoms with Crippen LogP contribution < -0.4 is 5.06 Å². The minimum Gasteiger partial charge on any atom is -0.276 e. The third kappa shape index (κ3) is 2.07. The summed E-state index contributed by atoms with van der Waals surface area (Å²) in [5.74, 6) is 0. The summed E-state index contributed by atoms with van der Waals surface area (Å²) in [6.45, 7) is 2.29. The van der Waals surface area contributed by atoms with Gasteiger partial charge in [0.15, 0.2) is 0 Å². The summed E-state index contributed by atoms with van der Waals surface area (Å²) >= 11 is 0. The molecule has 0 fully saturated rings. The molecule has 0 saturated carbocycles. The van der Waals surface area contributed by atoms with Crippen LogP contribution in [-0.4, -0.2) is 13.0 Å². The normalized spacial score (nSPS) is 9.42. The lowest BCUT2D eigenvalue weighted by molar-refractivity contribution is -0.113. The molecule has 0 aliphatic rings. The summed E-state index contributed by atoms with van der Waals surface area (Å²) < 4.78 is 0. The smallest absolute Gasteiger partial charge is 0.238 e. The van der Waals surface area contributed by atoms with Crippen LogP contribution in [-0.2, 0) is 9.63 Å². The van der Waals surface area contributed by atoms with Crippen LogP contribution in [0.2, 0.25) is 0 Å². The van der Waals surface area contributed by atoms with E-state index in [1.54, 1.807) is 24.3 Å². The Kier molecular flexibility index (Phi) is 3.29. The van der Waals surface area contributed by atoms with Crippen LogP contribution in [0.25, 0.3) is 0 Å². The molecule has 3 nitrogen and oxygen atoms in total. The SMILES string of the molecule is CCON(C=O)c1cc[c]cc1. The molecule has 0 heterocycles. The number of nitrogens with zero attached hydrogens (tertiary/aromatic N) is 1. The Balaban J connectivity index is 2.73. The summed E-state index contributed by atoms with van der Waals surface area (Å²) in [6, 6.07) is 9.82. The minimum absolute atomic E-state index is 0.470. The maximum absolute atomic E-state index is 10.5. The Bertz CT molecular complexity index is 236. The van der Waals surface area contributed by atoms with Gasteiger partial charge in [-0.2, -0.15) is 5.06 Å². The molecule has 0 unspecified atom stereocenters. The average molecular weight is 164 g/mol. The van der Waals surface area contributed by atoms with Crippen molar-refractivity contribution in [2.45, 2.75) is 6.92 Å². The molecular formula is C9H10NO2. The van der Waals surface area contributed by atoms with Crippen molar-refractivity contribution in [1.82, 2.24) is 0 Å². The highest BCUT2D eigenvalue weighted by atomic mass is 16.7. The van der Waals surface area contributed by atoms with Crippen LogP contribution in [0.1, 0.15) is 6.92 Å². The van der Waals surface area contributed by atoms with Crippen LogP contribution >= 0.6 is 0 Å². The molecule has 0 atom stereocenters. The van der Waals surface area contributed by atoms with Gasteiger partial charge < -0.3 is 0 Å². The number of benzene rings is 1. The van der Waals surface area contributed by atoms with E-state index < -0.39 is 0 Å². The summed E-state index contributed by atoms with van der Waals surface area (Å²) in [5, 5.41) is 1.19. The van der Waals surface area contributed by atoms with Gasteiger partial charge in [-0.3, -0.25) is 9.63 Å². The Morgan fingerprint density at radius 1 is 1.58 bits per heavy atom. The molecule has 3 heteroatoms. The van der Waals surface area contributed by atoms with E-state index in [0.29, 0.717) is 18.7 Å². The lowest BCUT2D eigenvalue weighted by atomic mass is 10.3. The predicted octanol–water partition coefficient (Wildman–Crippen LogP) is 1.40. The number of hydroxylamine groups is 1. The van der Waals surface area contributed by atoms with Crippen molar-refractivity contribution in [2.24, 2.45) is 0 Å². The Morgan fingerprint density at radius 2 is 2.25 bits per heavy atom. The maximum Gasteiger partial charge on any atom is 0.238 e. The van der Waals surface area contributed by atoms with Gasteiger partial charge in [-0.15, -0.1) is 0 Å². The highest BCUT2D eigenvalue weighted by molar-refractivity contribution is 5.71. The molecule has 1 amide bonds. The number of hydrogen-bond acceptors (Lipinski definition) is 2. The highest BCUT2D eigenvalue weighted by Gasteiger charge is 2.01. The van der Waals surface area contributed by atoms with Gasteiger partial charge in [-0.25, -0.2) is 0 Å². The maximum atomic E-state index is 10.5. The second kappa shape index (κ2) is 4.51. The fourth-order valence-electron chi connectivity index (χ4n) is 0.830. The van der Waals surface area contributed by atoms with Crippen LogP contribution in [0, 0.1) is 6.07 Å². The first kappa shape index (κ1) is 8.74. The summed E-state index contributed by atoms with van der Waals surface area (Å²) in [5.41, 5.74) is 0.714. The van der Waals surface area contributed by atoms with E-state index in [2.05, 4.69) is 6.07 Å². The summed E-state index contributed by atoms with van der Waals surface area (Å²) in [6.07, 6.45) is 0.638. The molecule has 1 radical (unpaired) electrons. The van der Waals surface area contributed by atoms with Crippen molar-refractivity contribution >= 4 is 12.1 Å². The zero-order valence-electron chi connectivity index (χ0n) is 6.86. The van der Waals surface area contributed by atoms with Gasteiger partial charge in [0, 0.05) is 0 Å². The number of carbonyl (C=O) groups excluding carboxylic acids is 1. The first-order valence-corrected chi connectivity index (χ1v) is 3.72. The van der Waals surface area contributed by atoms with Gasteiger partial charge in [0.2, 0.25) is 6.41 Å². The Hall–Kier alpha value is -1.35. The van der Waals surface area contributed by atoms with E-state index in [0.717, 1.165) is 0 Å². The van der Waals surface area contributed by atoms with Gasteiger partial charge in [0.25, 0.3) is 0 Å². The van der Waals surface area contributed by atoms with E-state index in [4.69, 9.17) is 4.84 Å². The molecule has 63 valence electrons. The number of hydrogen-bond donors (Lipinski definition) is 0. The molecule has 0 aromatic heterocycles.